The molecule has 1 fully saturated rings. The van der Waals surface area contributed by atoms with E-state index in [0.29, 0.717) is 11.5 Å². The second-order valence-corrected chi connectivity index (χ2v) is 4.96. The summed E-state index contributed by atoms with van der Waals surface area (Å²) in [5.41, 5.74) is 7.36. The van der Waals surface area contributed by atoms with Crippen LogP contribution in [0.3, 0.4) is 0 Å². The Morgan fingerprint density at radius 1 is 1.15 bits per heavy atom. The maximum Gasteiger partial charge on any atom is 0.321 e. The van der Waals surface area contributed by atoms with Crippen molar-refractivity contribution in [3.8, 4) is 0 Å². The third kappa shape index (κ3) is 2.42. The van der Waals surface area contributed by atoms with Crippen LogP contribution in [0.15, 0.2) is 48.7 Å². The standard InChI is InChI=1S/C15H16N4O/c16-12-6-2-1-5-11(12)15(8-9-15)19-14(20)18-13-7-3-4-10-17-13/h1-7,10H,8-9,16H2,(H2,17,18,19,20). The van der Waals surface area contributed by atoms with Gasteiger partial charge in [-0.3, -0.25) is 5.32 Å². The Bertz CT molecular complexity index is 623. The number of nitrogen functional groups attached to an aromatic ring is 1. The van der Waals surface area contributed by atoms with Gasteiger partial charge in [-0.2, -0.15) is 0 Å². The fourth-order valence-electron chi connectivity index (χ4n) is 2.32. The number of amides is 2. The zero-order valence-corrected chi connectivity index (χ0v) is 11.0. The minimum absolute atomic E-state index is 0.260. The van der Waals surface area contributed by atoms with Crippen LogP contribution in [0.4, 0.5) is 16.3 Å². The number of aromatic nitrogens is 1. The van der Waals surface area contributed by atoms with E-state index >= 15 is 0 Å². The van der Waals surface area contributed by atoms with Crippen LogP contribution in [0.2, 0.25) is 0 Å². The Hall–Kier alpha value is -2.56. The Morgan fingerprint density at radius 3 is 2.55 bits per heavy atom. The van der Waals surface area contributed by atoms with E-state index in [4.69, 9.17) is 5.73 Å². The van der Waals surface area contributed by atoms with Crippen molar-refractivity contribution in [2.45, 2.75) is 18.4 Å². The monoisotopic (exact) mass is 268 g/mol. The highest BCUT2D eigenvalue weighted by Crippen LogP contribution is 2.47. The lowest BCUT2D eigenvalue weighted by molar-refractivity contribution is 0.247. The molecule has 1 saturated carbocycles. The first-order valence-corrected chi connectivity index (χ1v) is 6.55. The zero-order chi connectivity index (χ0) is 14.0. The molecule has 1 heterocycles. The number of nitrogens with zero attached hydrogens (tertiary/aromatic N) is 1. The van der Waals surface area contributed by atoms with E-state index in [1.807, 2.05) is 30.3 Å². The van der Waals surface area contributed by atoms with E-state index in [2.05, 4.69) is 15.6 Å². The molecule has 2 aromatic rings. The van der Waals surface area contributed by atoms with Crippen molar-refractivity contribution in [2.24, 2.45) is 0 Å². The van der Waals surface area contributed by atoms with E-state index < -0.39 is 0 Å². The number of pyridine rings is 1. The molecule has 102 valence electrons. The Balaban J connectivity index is 1.72. The molecule has 3 rings (SSSR count). The van der Waals surface area contributed by atoms with E-state index in [9.17, 15) is 4.79 Å². The summed E-state index contributed by atoms with van der Waals surface area (Å²) in [5, 5.41) is 5.73. The van der Waals surface area contributed by atoms with Crippen LogP contribution in [-0.4, -0.2) is 11.0 Å². The molecule has 0 bridgehead atoms. The van der Waals surface area contributed by atoms with Crippen molar-refractivity contribution >= 4 is 17.5 Å². The fraction of sp³-hybridized carbons (Fsp3) is 0.200. The smallest absolute Gasteiger partial charge is 0.321 e. The van der Waals surface area contributed by atoms with Gasteiger partial charge in [0.1, 0.15) is 5.82 Å². The van der Waals surface area contributed by atoms with Crippen LogP contribution in [0.25, 0.3) is 0 Å². The number of rotatable bonds is 3. The molecule has 0 atom stereocenters. The lowest BCUT2D eigenvalue weighted by atomic mass is 10.0. The number of para-hydroxylation sites is 1. The van der Waals surface area contributed by atoms with Crippen molar-refractivity contribution in [2.75, 3.05) is 11.1 Å². The minimum atomic E-state index is -0.329. The topological polar surface area (TPSA) is 80.0 Å². The second kappa shape index (κ2) is 4.85. The minimum Gasteiger partial charge on any atom is -0.398 e. The normalized spacial score (nSPS) is 15.4. The first-order chi connectivity index (χ1) is 9.70. The van der Waals surface area contributed by atoms with Crippen LogP contribution in [0.5, 0.6) is 0 Å². The van der Waals surface area contributed by atoms with Crippen molar-refractivity contribution in [3.05, 3.63) is 54.2 Å². The second-order valence-electron chi connectivity index (χ2n) is 4.96. The van der Waals surface area contributed by atoms with Crippen LogP contribution < -0.4 is 16.4 Å². The van der Waals surface area contributed by atoms with Crippen molar-refractivity contribution in [1.29, 1.82) is 0 Å². The summed E-state index contributed by atoms with van der Waals surface area (Å²) in [7, 11) is 0. The number of benzene rings is 1. The number of carbonyl (C=O) groups is 1. The van der Waals surface area contributed by atoms with Gasteiger partial charge < -0.3 is 11.1 Å². The molecule has 1 aliphatic carbocycles. The number of hydrogen-bond acceptors (Lipinski definition) is 3. The number of nitrogens with two attached hydrogens (primary N) is 1. The summed E-state index contributed by atoms with van der Waals surface area (Å²) < 4.78 is 0. The fourth-order valence-corrected chi connectivity index (χ4v) is 2.32. The molecule has 1 aliphatic rings. The van der Waals surface area contributed by atoms with Gasteiger partial charge in [-0.1, -0.05) is 24.3 Å². The molecular formula is C15H16N4O. The van der Waals surface area contributed by atoms with Crippen LogP contribution in [0.1, 0.15) is 18.4 Å². The van der Waals surface area contributed by atoms with Crippen molar-refractivity contribution < 1.29 is 4.79 Å². The Morgan fingerprint density at radius 2 is 1.90 bits per heavy atom. The molecule has 0 unspecified atom stereocenters. The van der Waals surface area contributed by atoms with E-state index in [1.165, 1.54) is 0 Å². The third-order valence-corrected chi connectivity index (χ3v) is 3.49. The van der Waals surface area contributed by atoms with Crippen molar-refractivity contribution in [3.63, 3.8) is 0 Å². The predicted molar refractivity (Wildman–Crippen MR) is 78.2 cm³/mol. The van der Waals surface area contributed by atoms with Crippen LogP contribution in [0, 0.1) is 0 Å². The first kappa shape index (κ1) is 12.5. The zero-order valence-electron chi connectivity index (χ0n) is 11.0. The number of anilines is 2. The maximum absolute atomic E-state index is 12.0. The first-order valence-electron chi connectivity index (χ1n) is 6.55. The Labute approximate surface area is 117 Å². The molecule has 5 heteroatoms. The van der Waals surface area contributed by atoms with Gasteiger partial charge in [0.25, 0.3) is 0 Å². The quantitative estimate of drug-likeness (QED) is 0.748. The molecule has 4 N–H and O–H groups in total. The number of nitrogens with one attached hydrogen (secondary N) is 2. The molecule has 0 aliphatic heterocycles. The van der Waals surface area contributed by atoms with Gasteiger partial charge in [0, 0.05) is 17.4 Å². The van der Waals surface area contributed by atoms with Crippen LogP contribution >= 0.6 is 0 Å². The molecule has 0 radical (unpaired) electrons. The molecule has 0 spiro atoms. The average molecular weight is 268 g/mol. The van der Waals surface area contributed by atoms with Crippen LogP contribution in [-0.2, 0) is 5.54 Å². The van der Waals surface area contributed by atoms with Gasteiger partial charge in [-0.15, -0.1) is 0 Å². The summed E-state index contributed by atoms with van der Waals surface area (Å²) in [6.07, 6.45) is 3.44. The average Bonchev–Trinajstić information content (AvgIpc) is 3.20. The molecule has 1 aromatic heterocycles. The molecule has 20 heavy (non-hydrogen) atoms. The van der Waals surface area contributed by atoms with Crippen molar-refractivity contribution in [1.82, 2.24) is 10.3 Å². The number of urea groups is 1. The maximum atomic E-state index is 12.0. The highest BCUT2D eigenvalue weighted by Gasteiger charge is 2.46. The summed E-state index contributed by atoms with van der Waals surface area (Å²) in [6.45, 7) is 0. The summed E-state index contributed by atoms with van der Waals surface area (Å²) in [5.74, 6) is 0.529. The predicted octanol–water partition coefficient (Wildman–Crippen LogP) is 2.47. The van der Waals surface area contributed by atoms with E-state index in [0.717, 1.165) is 18.4 Å². The van der Waals surface area contributed by atoms with Gasteiger partial charge in [0.15, 0.2) is 0 Å². The summed E-state index contributed by atoms with van der Waals surface area (Å²) in [4.78, 5) is 16.1. The SMILES string of the molecule is Nc1ccccc1C1(NC(=O)Nc2ccccn2)CC1. The Kier molecular flexibility index (Phi) is 3.02. The highest BCUT2D eigenvalue weighted by atomic mass is 16.2. The number of hydrogen-bond donors (Lipinski definition) is 3. The van der Waals surface area contributed by atoms with Gasteiger partial charge in [-0.05, 0) is 31.0 Å². The molecular weight excluding hydrogens is 252 g/mol. The molecule has 0 saturated heterocycles. The van der Waals surface area contributed by atoms with Gasteiger partial charge in [-0.25, -0.2) is 9.78 Å². The molecule has 5 nitrogen and oxygen atoms in total. The summed E-state index contributed by atoms with van der Waals surface area (Å²) >= 11 is 0. The lowest BCUT2D eigenvalue weighted by Crippen LogP contribution is -2.38. The van der Waals surface area contributed by atoms with E-state index in [-0.39, 0.29) is 11.6 Å². The lowest BCUT2D eigenvalue weighted by Gasteiger charge is -2.19. The third-order valence-electron chi connectivity index (χ3n) is 3.49. The number of carbonyl (C=O) groups excluding carboxylic acids is 1. The van der Waals surface area contributed by atoms with Gasteiger partial charge >= 0.3 is 6.03 Å². The molecule has 1 aromatic carbocycles. The largest absolute Gasteiger partial charge is 0.398 e. The molecule has 2 amide bonds. The van der Waals surface area contributed by atoms with Gasteiger partial charge in [0.05, 0.1) is 5.54 Å². The summed E-state index contributed by atoms with van der Waals surface area (Å²) in [6, 6.07) is 12.8. The highest BCUT2D eigenvalue weighted by molar-refractivity contribution is 5.89. The van der Waals surface area contributed by atoms with Gasteiger partial charge in [0.2, 0.25) is 0 Å². The van der Waals surface area contributed by atoms with E-state index in [1.54, 1.807) is 18.3 Å².